The van der Waals surface area contributed by atoms with E-state index >= 15 is 0 Å². The van der Waals surface area contributed by atoms with Gasteiger partial charge in [0, 0.05) is 25.2 Å². The first-order chi connectivity index (χ1) is 12.6. The molecule has 0 saturated carbocycles. The Morgan fingerprint density at radius 1 is 1.15 bits per heavy atom. The van der Waals surface area contributed by atoms with E-state index in [-0.39, 0.29) is 5.56 Å². The van der Waals surface area contributed by atoms with Gasteiger partial charge >= 0.3 is 0 Å². The second-order valence-corrected chi connectivity index (χ2v) is 7.95. The van der Waals surface area contributed by atoms with Crippen LogP contribution >= 0.6 is 11.3 Å². The van der Waals surface area contributed by atoms with Gasteiger partial charge in [-0.15, -0.1) is 0 Å². The first-order valence-corrected chi connectivity index (χ1v) is 9.70. The number of hydrogen-bond acceptors (Lipinski definition) is 5. The van der Waals surface area contributed by atoms with Crippen LogP contribution in [0.1, 0.15) is 29.7 Å². The van der Waals surface area contributed by atoms with Crippen LogP contribution in [0.4, 0.5) is 5.88 Å². The fraction of sp³-hybridized carbons (Fsp3) is 0.300. The van der Waals surface area contributed by atoms with Crippen LogP contribution in [0.5, 0.6) is 0 Å². The van der Waals surface area contributed by atoms with Crippen LogP contribution < -0.4 is 15.0 Å². The van der Waals surface area contributed by atoms with Crippen LogP contribution in [0.25, 0.3) is 22.1 Å². The van der Waals surface area contributed by atoms with Crippen molar-refractivity contribution in [2.75, 3.05) is 18.0 Å². The Kier molecular flexibility index (Phi) is 3.43. The number of fused-ring (bicyclic) bond motifs is 3. The lowest BCUT2D eigenvalue weighted by Crippen LogP contribution is -2.22. The first-order valence-electron chi connectivity index (χ1n) is 8.89. The van der Waals surface area contributed by atoms with Crippen LogP contribution in [0.2, 0.25) is 0 Å². The molecule has 4 aromatic rings. The predicted molar refractivity (Wildman–Crippen MR) is 105 cm³/mol. The molecule has 0 aliphatic carbocycles. The Bertz CT molecular complexity index is 1240. The van der Waals surface area contributed by atoms with Gasteiger partial charge in [-0.05, 0) is 56.0 Å². The quantitative estimate of drug-likeness (QED) is 0.547. The monoisotopic (exact) mass is 365 g/mol. The minimum Gasteiger partial charge on any atom is -0.441 e. The van der Waals surface area contributed by atoms with E-state index in [2.05, 4.69) is 23.7 Å². The van der Waals surface area contributed by atoms with Gasteiger partial charge in [0.1, 0.15) is 10.3 Å². The molecule has 4 heterocycles. The Balaban J connectivity index is 1.63. The third-order valence-corrected chi connectivity index (χ3v) is 6.13. The number of imidazole rings is 1. The van der Waals surface area contributed by atoms with Crippen molar-refractivity contribution in [2.45, 2.75) is 26.7 Å². The smallest absolute Gasteiger partial charge is 0.275 e. The largest absolute Gasteiger partial charge is 0.441 e. The number of aryl methyl sites for hydroxylation is 2. The Labute approximate surface area is 154 Å². The molecule has 0 radical (unpaired) electrons. The fourth-order valence-corrected chi connectivity index (χ4v) is 4.54. The van der Waals surface area contributed by atoms with Crippen molar-refractivity contribution in [2.24, 2.45) is 0 Å². The molecule has 1 aromatic carbocycles. The highest BCUT2D eigenvalue weighted by Gasteiger charge is 2.16. The van der Waals surface area contributed by atoms with Crippen LogP contribution in [-0.4, -0.2) is 22.5 Å². The van der Waals surface area contributed by atoms with E-state index in [1.807, 2.05) is 30.3 Å². The summed E-state index contributed by atoms with van der Waals surface area (Å²) in [7, 11) is 0. The minimum absolute atomic E-state index is 0.0325. The maximum Gasteiger partial charge on any atom is 0.275 e. The van der Waals surface area contributed by atoms with Gasteiger partial charge in [-0.25, -0.2) is 9.38 Å². The normalized spacial score (nSPS) is 15.8. The van der Waals surface area contributed by atoms with Gasteiger partial charge in [0.25, 0.3) is 5.56 Å². The van der Waals surface area contributed by atoms with Crippen molar-refractivity contribution in [1.29, 1.82) is 0 Å². The molecule has 0 bridgehead atoms. The predicted octanol–water partition coefficient (Wildman–Crippen LogP) is 3.27. The molecule has 0 atom stereocenters. The van der Waals surface area contributed by atoms with Crippen molar-refractivity contribution >= 4 is 39.3 Å². The standard InChI is InChI=1S/C20H19N3O2S/c1-12-9-15-16(10-13(12)2)23-19(24)17(26-20(23)21-15)11-14-5-6-18(25-14)22-7-3-4-8-22/h5-6,9-11H,3-4,7-8H2,1-2H3/b17-11-. The van der Waals surface area contributed by atoms with Gasteiger partial charge in [0.15, 0.2) is 10.8 Å². The van der Waals surface area contributed by atoms with Crippen molar-refractivity contribution in [3.63, 3.8) is 0 Å². The number of furan rings is 1. The molecule has 1 aliphatic rings. The molecular weight excluding hydrogens is 346 g/mol. The van der Waals surface area contributed by atoms with Crippen molar-refractivity contribution in [1.82, 2.24) is 9.38 Å². The summed E-state index contributed by atoms with van der Waals surface area (Å²) >= 11 is 1.41. The zero-order valence-electron chi connectivity index (χ0n) is 14.8. The number of nitrogens with zero attached hydrogens (tertiary/aromatic N) is 3. The molecule has 1 aliphatic heterocycles. The van der Waals surface area contributed by atoms with Crippen molar-refractivity contribution < 1.29 is 4.42 Å². The number of thiazole rings is 1. The van der Waals surface area contributed by atoms with Crippen molar-refractivity contribution in [3.8, 4) is 0 Å². The van der Waals surface area contributed by atoms with E-state index in [0.717, 1.165) is 40.5 Å². The van der Waals surface area contributed by atoms with Crippen LogP contribution in [0.15, 0.2) is 33.5 Å². The highest BCUT2D eigenvalue weighted by molar-refractivity contribution is 7.15. The van der Waals surface area contributed by atoms with E-state index in [1.54, 1.807) is 4.40 Å². The van der Waals surface area contributed by atoms with E-state index in [0.29, 0.717) is 10.3 Å². The summed E-state index contributed by atoms with van der Waals surface area (Å²) in [5.41, 5.74) is 4.07. The average molecular weight is 365 g/mol. The lowest BCUT2D eigenvalue weighted by atomic mass is 10.1. The van der Waals surface area contributed by atoms with Gasteiger partial charge in [0.05, 0.1) is 11.0 Å². The highest BCUT2D eigenvalue weighted by Crippen LogP contribution is 2.24. The number of anilines is 1. The summed E-state index contributed by atoms with van der Waals surface area (Å²) in [6.45, 7) is 6.20. The molecule has 6 heteroatoms. The summed E-state index contributed by atoms with van der Waals surface area (Å²) in [6, 6.07) is 8.01. The van der Waals surface area contributed by atoms with E-state index in [9.17, 15) is 4.79 Å². The summed E-state index contributed by atoms with van der Waals surface area (Å²) in [5.74, 6) is 1.60. The summed E-state index contributed by atoms with van der Waals surface area (Å²) in [4.78, 5) is 20.5. The Hall–Kier alpha value is -2.60. The van der Waals surface area contributed by atoms with Gasteiger partial charge in [0.2, 0.25) is 0 Å². The number of aromatic nitrogens is 2. The van der Waals surface area contributed by atoms with Gasteiger partial charge < -0.3 is 9.32 Å². The molecule has 5 rings (SSSR count). The van der Waals surface area contributed by atoms with Crippen molar-refractivity contribution in [3.05, 3.63) is 56.0 Å². The van der Waals surface area contributed by atoms with E-state index in [1.165, 1.54) is 29.7 Å². The Morgan fingerprint density at radius 2 is 1.92 bits per heavy atom. The molecule has 0 N–H and O–H groups in total. The highest BCUT2D eigenvalue weighted by atomic mass is 32.1. The van der Waals surface area contributed by atoms with Gasteiger partial charge in [-0.1, -0.05) is 11.3 Å². The molecule has 1 saturated heterocycles. The van der Waals surface area contributed by atoms with Gasteiger partial charge in [-0.2, -0.15) is 0 Å². The maximum absolute atomic E-state index is 12.9. The summed E-state index contributed by atoms with van der Waals surface area (Å²) < 4.78 is 8.29. The van der Waals surface area contributed by atoms with Crippen LogP contribution in [-0.2, 0) is 0 Å². The molecule has 3 aromatic heterocycles. The second-order valence-electron chi connectivity index (χ2n) is 6.94. The molecule has 26 heavy (non-hydrogen) atoms. The van der Waals surface area contributed by atoms with Crippen LogP contribution in [0.3, 0.4) is 0 Å². The summed E-state index contributed by atoms with van der Waals surface area (Å²) in [6.07, 6.45) is 4.24. The molecule has 0 spiro atoms. The molecule has 132 valence electrons. The maximum atomic E-state index is 12.9. The summed E-state index contributed by atoms with van der Waals surface area (Å²) in [5, 5.41) is 0. The SMILES string of the molecule is Cc1cc2nc3s/c(=C\c4ccc(N5CCCC5)o4)c(=O)n3c2cc1C. The topological polar surface area (TPSA) is 50.8 Å². The third-order valence-electron chi connectivity index (χ3n) is 5.16. The average Bonchev–Trinajstić information content (AvgIpc) is 3.36. The zero-order valence-corrected chi connectivity index (χ0v) is 15.6. The minimum atomic E-state index is -0.0325. The number of hydrogen-bond donors (Lipinski definition) is 0. The van der Waals surface area contributed by atoms with Crippen LogP contribution in [0, 0.1) is 13.8 Å². The molecular formula is C20H19N3O2S. The Morgan fingerprint density at radius 3 is 2.73 bits per heavy atom. The van der Waals surface area contributed by atoms with E-state index in [4.69, 9.17) is 4.42 Å². The molecule has 1 fully saturated rings. The molecule has 0 unspecified atom stereocenters. The lowest BCUT2D eigenvalue weighted by Gasteiger charge is -2.12. The number of benzene rings is 1. The molecule has 5 nitrogen and oxygen atoms in total. The van der Waals surface area contributed by atoms with Gasteiger partial charge in [-0.3, -0.25) is 4.79 Å². The third kappa shape index (κ3) is 2.36. The van der Waals surface area contributed by atoms with E-state index < -0.39 is 0 Å². The molecule has 0 amide bonds. The second kappa shape index (κ2) is 5.71. The number of rotatable bonds is 2. The first kappa shape index (κ1) is 15.6. The lowest BCUT2D eigenvalue weighted by molar-refractivity contribution is 0.547. The fourth-order valence-electron chi connectivity index (χ4n) is 3.58. The zero-order chi connectivity index (χ0) is 17.8.